The molecule has 2 nitrogen and oxygen atoms in total. The first-order valence-electron chi connectivity index (χ1n) is 4.22. The maximum atomic E-state index is 10.6. The second kappa shape index (κ2) is 4.43. The molecule has 0 fully saturated rings. The van der Waals surface area contributed by atoms with Crippen LogP contribution in [0.2, 0.25) is 0 Å². The molecule has 0 aliphatic heterocycles. The second-order valence-electron chi connectivity index (χ2n) is 3.03. The predicted octanol–water partition coefficient (Wildman–Crippen LogP) is 3.77. The molecule has 1 aromatic heterocycles. The minimum atomic E-state index is -0.804. The Morgan fingerprint density at radius 3 is 3.00 bits per heavy atom. The molecule has 0 amide bonds. The number of fused-ring (bicyclic) bond motifs is 1. The summed E-state index contributed by atoms with van der Waals surface area (Å²) in [5, 5.41) is 9.73. The molecule has 1 aromatic carbocycles. The van der Waals surface area contributed by atoms with Crippen LogP contribution in [0.15, 0.2) is 29.2 Å². The Labute approximate surface area is 99.4 Å². The van der Waals surface area contributed by atoms with E-state index in [0.29, 0.717) is 0 Å². The highest BCUT2D eigenvalue weighted by Gasteiger charge is 2.08. The monoisotopic (exact) mass is 258 g/mol. The normalized spacial score (nSPS) is 10.7. The van der Waals surface area contributed by atoms with Gasteiger partial charge in [-0.2, -0.15) is 0 Å². The smallest absolute Gasteiger partial charge is 0.308 e. The van der Waals surface area contributed by atoms with Crippen molar-refractivity contribution >= 4 is 49.1 Å². The zero-order valence-corrected chi connectivity index (χ0v) is 9.96. The lowest BCUT2D eigenvalue weighted by molar-refractivity contribution is -0.136. The van der Waals surface area contributed by atoms with Crippen molar-refractivity contribution in [3.63, 3.8) is 0 Å². The third-order valence-electron chi connectivity index (χ3n) is 1.98. The van der Waals surface area contributed by atoms with Gasteiger partial charge in [0.25, 0.3) is 0 Å². The van der Waals surface area contributed by atoms with Gasteiger partial charge in [0, 0.05) is 19.9 Å². The number of rotatable bonds is 3. The first-order valence-corrected chi connectivity index (χ1v) is 6.68. The van der Waals surface area contributed by atoms with Crippen molar-refractivity contribution in [1.29, 1.82) is 0 Å². The Morgan fingerprint density at radius 2 is 2.33 bits per heavy atom. The van der Waals surface area contributed by atoms with Crippen LogP contribution in [0.3, 0.4) is 0 Å². The Morgan fingerprint density at radius 1 is 1.53 bits per heavy atom. The molecule has 2 rings (SSSR count). The lowest BCUT2D eigenvalue weighted by atomic mass is 10.2. The molecule has 5 heteroatoms. The summed E-state index contributed by atoms with van der Waals surface area (Å²) in [6.07, 6.45) is 0.0751. The molecule has 1 N–H and O–H groups in total. The van der Waals surface area contributed by atoms with Gasteiger partial charge in [-0.1, -0.05) is 6.07 Å². The van der Waals surface area contributed by atoms with Crippen LogP contribution in [0.25, 0.3) is 10.1 Å². The Balaban J connectivity index is 2.50. The quantitative estimate of drug-likeness (QED) is 0.911. The summed E-state index contributed by atoms with van der Waals surface area (Å²) in [6, 6.07) is 7.73. The SMILES string of the molecule is O=C(O)Cc1cc2c(SCl)cccc2s1. The zero-order chi connectivity index (χ0) is 10.8. The molecule has 15 heavy (non-hydrogen) atoms. The van der Waals surface area contributed by atoms with E-state index >= 15 is 0 Å². The number of carboxylic acids is 1. The highest BCUT2D eigenvalue weighted by Crippen LogP contribution is 2.35. The Hall–Kier alpha value is -0.710. The zero-order valence-electron chi connectivity index (χ0n) is 7.57. The number of benzene rings is 1. The number of carboxylic acid groups (broad SMARTS) is 1. The summed E-state index contributed by atoms with van der Waals surface area (Å²) in [4.78, 5) is 12.4. The summed E-state index contributed by atoms with van der Waals surface area (Å²) in [5.74, 6) is -0.804. The average Bonchev–Trinajstić information content (AvgIpc) is 2.58. The van der Waals surface area contributed by atoms with E-state index < -0.39 is 5.97 Å². The first-order chi connectivity index (χ1) is 7.20. The van der Waals surface area contributed by atoms with Crippen LogP contribution in [0.4, 0.5) is 0 Å². The summed E-state index contributed by atoms with van der Waals surface area (Å²) in [6.45, 7) is 0. The van der Waals surface area contributed by atoms with Gasteiger partial charge < -0.3 is 5.11 Å². The average molecular weight is 259 g/mol. The number of halogens is 1. The van der Waals surface area contributed by atoms with E-state index in [2.05, 4.69) is 0 Å². The molecule has 78 valence electrons. The van der Waals surface area contributed by atoms with E-state index in [4.69, 9.17) is 15.8 Å². The van der Waals surface area contributed by atoms with Gasteiger partial charge in [0.15, 0.2) is 0 Å². The maximum Gasteiger partial charge on any atom is 0.308 e. The first kappa shape index (κ1) is 10.8. The van der Waals surface area contributed by atoms with Gasteiger partial charge in [0.1, 0.15) is 0 Å². The van der Waals surface area contributed by atoms with E-state index in [1.807, 2.05) is 24.3 Å². The molecular weight excluding hydrogens is 252 g/mol. The molecule has 0 bridgehead atoms. The fraction of sp³-hybridized carbons (Fsp3) is 0.100. The third-order valence-corrected chi connectivity index (χ3v) is 4.10. The molecule has 0 spiro atoms. The van der Waals surface area contributed by atoms with Gasteiger partial charge in [-0.3, -0.25) is 4.79 Å². The summed E-state index contributed by atoms with van der Waals surface area (Å²) < 4.78 is 1.08. The highest BCUT2D eigenvalue weighted by molar-refractivity contribution is 8.21. The van der Waals surface area contributed by atoms with Gasteiger partial charge in [-0.15, -0.1) is 11.3 Å². The van der Waals surface area contributed by atoms with Gasteiger partial charge >= 0.3 is 5.97 Å². The lowest BCUT2D eigenvalue weighted by Crippen LogP contribution is -1.96. The minimum absolute atomic E-state index is 0.0751. The highest BCUT2D eigenvalue weighted by atomic mass is 35.7. The Bertz CT molecular complexity index is 507. The van der Waals surface area contributed by atoms with E-state index in [1.54, 1.807) is 0 Å². The summed E-state index contributed by atoms with van der Waals surface area (Å²) in [5.41, 5.74) is 0. The number of hydrogen-bond donors (Lipinski definition) is 1. The van der Waals surface area contributed by atoms with E-state index in [0.717, 1.165) is 30.8 Å². The van der Waals surface area contributed by atoms with E-state index in [1.165, 1.54) is 11.3 Å². The number of aliphatic carboxylic acids is 1. The molecule has 2 aromatic rings. The third kappa shape index (κ3) is 2.27. The maximum absolute atomic E-state index is 10.6. The molecule has 0 radical (unpaired) electrons. The van der Waals surface area contributed by atoms with Crippen molar-refractivity contribution in [3.05, 3.63) is 29.1 Å². The van der Waals surface area contributed by atoms with Gasteiger partial charge in [0.05, 0.1) is 6.42 Å². The fourth-order valence-electron chi connectivity index (χ4n) is 1.39. The molecule has 0 aliphatic rings. The summed E-state index contributed by atoms with van der Waals surface area (Å²) >= 11 is 1.50. The lowest BCUT2D eigenvalue weighted by Gasteiger charge is -1.94. The number of hydrogen-bond acceptors (Lipinski definition) is 3. The van der Waals surface area contributed by atoms with Crippen molar-refractivity contribution in [1.82, 2.24) is 0 Å². The standard InChI is InChI=1S/C10H7ClO2S2/c11-15-9-3-1-2-8-7(9)4-6(14-8)5-10(12)13/h1-4H,5H2,(H,12,13). The van der Waals surface area contributed by atoms with Crippen LogP contribution in [0, 0.1) is 0 Å². The number of thiophene rings is 1. The van der Waals surface area contributed by atoms with Crippen molar-refractivity contribution in [3.8, 4) is 0 Å². The molecule has 0 saturated carbocycles. The van der Waals surface area contributed by atoms with Gasteiger partial charge in [0.2, 0.25) is 0 Å². The van der Waals surface area contributed by atoms with Crippen LogP contribution in [0.1, 0.15) is 4.88 Å². The topological polar surface area (TPSA) is 37.3 Å². The van der Waals surface area contributed by atoms with E-state index in [9.17, 15) is 4.79 Å². The van der Waals surface area contributed by atoms with Crippen molar-refractivity contribution < 1.29 is 9.90 Å². The molecule has 0 unspecified atom stereocenters. The predicted molar refractivity (Wildman–Crippen MR) is 64.9 cm³/mol. The summed E-state index contributed by atoms with van der Waals surface area (Å²) in [7, 11) is 6.89. The molecule has 1 heterocycles. The van der Waals surface area contributed by atoms with E-state index in [-0.39, 0.29) is 6.42 Å². The van der Waals surface area contributed by atoms with Crippen LogP contribution < -0.4 is 0 Å². The number of carbonyl (C=O) groups is 1. The fourth-order valence-corrected chi connectivity index (χ4v) is 3.32. The Kier molecular flexibility index (Phi) is 3.19. The van der Waals surface area contributed by atoms with Gasteiger partial charge in [-0.05, 0) is 39.9 Å². The second-order valence-corrected chi connectivity index (χ2v) is 5.25. The molecule has 0 saturated heterocycles. The van der Waals surface area contributed by atoms with Crippen LogP contribution in [0.5, 0.6) is 0 Å². The largest absolute Gasteiger partial charge is 0.481 e. The van der Waals surface area contributed by atoms with Crippen molar-refractivity contribution in [2.24, 2.45) is 0 Å². The minimum Gasteiger partial charge on any atom is -0.481 e. The molecular formula is C10H7ClO2S2. The molecule has 0 aliphatic carbocycles. The van der Waals surface area contributed by atoms with Crippen LogP contribution in [-0.4, -0.2) is 11.1 Å². The van der Waals surface area contributed by atoms with Gasteiger partial charge in [-0.25, -0.2) is 0 Å². The molecule has 0 atom stereocenters. The van der Waals surface area contributed by atoms with Crippen molar-refractivity contribution in [2.45, 2.75) is 11.3 Å². The van der Waals surface area contributed by atoms with Crippen molar-refractivity contribution in [2.75, 3.05) is 0 Å². The van der Waals surface area contributed by atoms with Crippen LogP contribution in [-0.2, 0) is 11.2 Å². The van der Waals surface area contributed by atoms with Crippen LogP contribution >= 0.6 is 33.0 Å².